The molecule has 7 heteroatoms. The molecule has 1 N–H and O–H groups in total. The first-order valence-electron chi connectivity index (χ1n) is 9.50. The highest BCUT2D eigenvalue weighted by atomic mass is 16.6. The fourth-order valence-electron chi connectivity index (χ4n) is 2.89. The molecule has 0 saturated heterocycles. The third-order valence-corrected chi connectivity index (χ3v) is 4.71. The van der Waals surface area contributed by atoms with E-state index in [-0.39, 0.29) is 11.7 Å². The number of hydrogen-bond acceptors (Lipinski definition) is 6. The van der Waals surface area contributed by atoms with Crippen LogP contribution < -0.4 is 14.8 Å². The molecule has 0 unspecified atom stereocenters. The lowest BCUT2D eigenvalue weighted by Gasteiger charge is -2.16. The highest BCUT2D eigenvalue weighted by molar-refractivity contribution is 5.96. The van der Waals surface area contributed by atoms with Gasteiger partial charge in [-0.25, -0.2) is 4.63 Å². The number of aryl methyl sites for hydroxylation is 2. The van der Waals surface area contributed by atoms with E-state index >= 15 is 0 Å². The number of rotatable bonds is 7. The Hall–Kier alpha value is -3.35. The molecule has 0 radical (unpaired) electrons. The monoisotopic (exact) mass is 395 g/mol. The molecule has 3 rings (SSSR count). The highest BCUT2D eigenvalue weighted by Crippen LogP contribution is 2.29. The number of carbonyl (C=O) groups is 1. The second-order valence-electron chi connectivity index (χ2n) is 6.82. The largest absolute Gasteiger partial charge is 0.494 e. The van der Waals surface area contributed by atoms with Crippen molar-refractivity contribution in [2.75, 3.05) is 11.9 Å². The Morgan fingerprint density at radius 3 is 2.62 bits per heavy atom. The van der Waals surface area contributed by atoms with Crippen molar-refractivity contribution in [1.29, 1.82) is 0 Å². The summed E-state index contributed by atoms with van der Waals surface area (Å²) >= 11 is 0. The van der Waals surface area contributed by atoms with E-state index in [1.165, 1.54) is 0 Å². The predicted octanol–water partition coefficient (Wildman–Crippen LogP) is 4.47. The fourth-order valence-corrected chi connectivity index (χ4v) is 2.89. The van der Waals surface area contributed by atoms with Crippen LogP contribution in [0.2, 0.25) is 0 Å². The lowest BCUT2D eigenvalue weighted by Crippen LogP contribution is -2.30. The molecular weight excluding hydrogens is 370 g/mol. The molecule has 152 valence electrons. The van der Waals surface area contributed by atoms with E-state index < -0.39 is 6.10 Å². The van der Waals surface area contributed by atoms with E-state index in [0.717, 1.165) is 28.0 Å². The van der Waals surface area contributed by atoms with Gasteiger partial charge in [0.15, 0.2) is 11.8 Å². The summed E-state index contributed by atoms with van der Waals surface area (Å²) in [6, 6.07) is 11.4. The fraction of sp³-hybridized carbons (Fsp3) is 0.318. The average Bonchev–Trinajstić information content (AvgIpc) is 3.15. The zero-order valence-corrected chi connectivity index (χ0v) is 17.3. The van der Waals surface area contributed by atoms with Crippen LogP contribution in [0, 0.1) is 20.8 Å². The van der Waals surface area contributed by atoms with Gasteiger partial charge >= 0.3 is 0 Å². The van der Waals surface area contributed by atoms with Gasteiger partial charge in [-0.2, -0.15) is 0 Å². The molecule has 1 aromatic heterocycles. The molecule has 0 saturated carbocycles. The van der Waals surface area contributed by atoms with Crippen molar-refractivity contribution in [2.45, 2.75) is 40.7 Å². The second kappa shape index (κ2) is 8.77. The number of hydrogen-bond donors (Lipinski definition) is 1. The molecule has 0 spiro atoms. The van der Waals surface area contributed by atoms with Gasteiger partial charge in [0.25, 0.3) is 5.91 Å². The normalized spacial score (nSPS) is 11.8. The first-order valence-corrected chi connectivity index (χ1v) is 9.50. The first-order chi connectivity index (χ1) is 13.9. The molecule has 0 bridgehead atoms. The van der Waals surface area contributed by atoms with Crippen LogP contribution in [0.5, 0.6) is 11.5 Å². The van der Waals surface area contributed by atoms with Crippen LogP contribution >= 0.6 is 0 Å². The summed E-state index contributed by atoms with van der Waals surface area (Å²) in [4.78, 5) is 12.6. The number of aromatic nitrogens is 2. The van der Waals surface area contributed by atoms with Crippen LogP contribution in [-0.4, -0.2) is 28.9 Å². The molecule has 3 aromatic rings. The van der Waals surface area contributed by atoms with Crippen molar-refractivity contribution in [3.63, 3.8) is 0 Å². The Balaban J connectivity index is 1.74. The number of carbonyl (C=O) groups excluding carboxylic acids is 1. The Morgan fingerprint density at radius 1 is 1.10 bits per heavy atom. The quantitative estimate of drug-likeness (QED) is 0.635. The van der Waals surface area contributed by atoms with Crippen molar-refractivity contribution >= 4 is 11.7 Å². The average molecular weight is 395 g/mol. The summed E-state index contributed by atoms with van der Waals surface area (Å²) < 4.78 is 16.3. The van der Waals surface area contributed by atoms with E-state index in [1.54, 1.807) is 6.92 Å². The van der Waals surface area contributed by atoms with Gasteiger partial charge in [-0.3, -0.25) is 4.79 Å². The Kier molecular flexibility index (Phi) is 6.16. The zero-order valence-electron chi connectivity index (χ0n) is 17.3. The minimum Gasteiger partial charge on any atom is -0.494 e. The SMILES string of the molecule is CCOc1ccc(-c2nonc2NC(=O)[C@H](C)Oc2cccc(C)c2C)cc1C. The van der Waals surface area contributed by atoms with Crippen LogP contribution in [0.4, 0.5) is 5.82 Å². The van der Waals surface area contributed by atoms with Crippen molar-refractivity contribution in [3.8, 4) is 22.8 Å². The molecule has 0 aliphatic carbocycles. The summed E-state index contributed by atoms with van der Waals surface area (Å²) in [5.74, 6) is 1.38. The van der Waals surface area contributed by atoms with Crippen LogP contribution in [0.25, 0.3) is 11.3 Å². The summed E-state index contributed by atoms with van der Waals surface area (Å²) in [5.41, 5.74) is 4.27. The van der Waals surface area contributed by atoms with Gasteiger partial charge < -0.3 is 14.8 Å². The molecular formula is C22H25N3O4. The van der Waals surface area contributed by atoms with Gasteiger partial charge in [0.2, 0.25) is 5.82 Å². The number of benzene rings is 2. The number of nitrogens with zero attached hydrogens (tertiary/aromatic N) is 2. The van der Waals surface area contributed by atoms with E-state index in [4.69, 9.17) is 14.1 Å². The minimum atomic E-state index is -0.720. The number of ether oxygens (including phenoxy) is 2. The lowest BCUT2D eigenvalue weighted by atomic mass is 10.1. The molecule has 1 heterocycles. The molecule has 0 fully saturated rings. The van der Waals surface area contributed by atoms with Crippen molar-refractivity contribution in [2.24, 2.45) is 0 Å². The maximum Gasteiger partial charge on any atom is 0.266 e. The van der Waals surface area contributed by atoms with Gasteiger partial charge in [0, 0.05) is 5.56 Å². The molecule has 0 aliphatic heterocycles. The Bertz CT molecular complexity index is 1010. The number of anilines is 1. The summed E-state index contributed by atoms with van der Waals surface area (Å²) in [6.07, 6.45) is -0.720. The smallest absolute Gasteiger partial charge is 0.266 e. The Morgan fingerprint density at radius 2 is 1.90 bits per heavy atom. The third kappa shape index (κ3) is 4.56. The van der Waals surface area contributed by atoms with Crippen molar-refractivity contribution in [1.82, 2.24) is 10.3 Å². The number of nitrogens with one attached hydrogen (secondary N) is 1. The van der Waals surface area contributed by atoms with Crippen LogP contribution in [0.1, 0.15) is 30.5 Å². The highest BCUT2D eigenvalue weighted by Gasteiger charge is 2.21. The van der Waals surface area contributed by atoms with Gasteiger partial charge in [-0.1, -0.05) is 12.1 Å². The standard InChI is InChI=1S/C22H25N3O4/c1-6-27-18-11-10-17(12-14(18)3)20-21(25-29-24-20)23-22(26)16(5)28-19-9-7-8-13(2)15(19)4/h7-12,16H,6H2,1-5H3,(H,23,25,26)/t16-/m0/s1. The number of amides is 1. The van der Waals surface area contributed by atoms with Crippen molar-refractivity contribution in [3.05, 3.63) is 53.1 Å². The first kappa shape index (κ1) is 20.4. The van der Waals surface area contributed by atoms with Crippen LogP contribution in [0.3, 0.4) is 0 Å². The predicted molar refractivity (Wildman–Crippen MR) is 110 cm³/mol. The third-order valence-electron chi connectivity index (χ3n) is 4.71. The Labute approximate surface area is 170 Å². The van der Waals surface area contributed by atoms with E-state index in [1.807, 2.05) is 64.1 Å². The molecule has 7 nitrogen and oxygen atoms in total. The molecule has 2 aromatic carbocycles. The van der Waals surface area contributed by atoms with Gasteiger partial charge in [0.1, 0.15) is 11.5 Å². The second-order valence-corrected chi connectivity index (χ2v) is 6.82. The maximum absolute atomic E-state index is 12.6. The summed E-state index contributed by atoms with van der Waals surface area (Å²) in [6.45, 7) is 10.1. The molecule has 29 heavy (non-hydrogen) atoms. The van der Waals surface area contributed by atoms with E-state index in [9.17, 15) is 4.79 Å². The summed E-state index contributed by atoms with van der Waals surface area (Å²) in [5, 5.41) is 10.5. The van der Waals surface area contributed by atoms with Crippen molar-refractivity contribution < 1.29 is 18.9 Å². The minimum absolute atomic E-state index is 0.245. The van der Waals surface area contributed by atoms with Gasteiger partial charge in [-0.05, 0) is 85.9 Å². The van der Waals surface area contributed by atoms with E-state index in [2.05, 4.69) is 15.6 Å². The van der Waals surface area contributed by atoms with Gasteiger partial charge in [0.05, 0.1) is 6.61 Å². The van der Waals surface area contributed by atoms with Gasteiger partial charge in [-0.15, -0.1) is 0 Å². The molecule has 1 atom stereocenters. The van der Waals surface area contributed by atoms with Crippen LogP contribution in [-0.2, 0) is 4.79 Å². The maximum atomic E-state index is 12.6. The molecule has 0 aliphatic rings. The van der Waals surface area contributed by atoms with E-state index in [0.29, 0.717) is 18.1 Å². The molecule has 1 amide bonds. The topological polar surface area (TPSA) is 86.5 Å². The lowest BCUT2D eigenvalue weighted by molar-refractivity contribution is -0.122. The summed E-state index contributed by atoms with van der Waals surface area (Å²) in [7, 11) is 0. The zero-order chi connectivity index (χ0) is 21.0. The van der Waals surface area contributed by atoms with Crippen LogP contribution in [0.15, 0.2) is 41.0 Å².